The fourth-order valence-corrected chi connectivity index (χ4v) is 1.13. The average molecular weight is 208 g/mol. The van der Waals surface area contributed by atoms with Crippen LogP contribution in [0.15, 0.2) is 24.3 Å². The third-order valence-electron chi connectivity index (χ3n) is 1.93. The second-order valence-corrected chi connectivity index (χ2v) is 2.93. The number of rotatable bonds is 4. The van der Waals surface area contributed by atoms with Crippen molar-refractivity contribution in [1.29, 1.82) is 0 Å². The Balaban J connectivity index is 2.76. The van der Waals surface area contributed by atoms with Gasteiger partial charge in [0.1, 0.15) is 0 Å². The Labute approximate surface area is 89.0 Å². The first-order chi connectivity index (χ1) is 7.19. The molecule has 5 heteroatoms. The van der Waals surface area contributed by atoms with Crippen LogP contribution < -0.4 is 5.46 Å². The van der Waals surface area contributed by atoms with Crippen molar-refractivity contribution in [1.82, 2.24) is 0 Å². The number of esters is 1. The summed E-state index contributed by atoms with van der Waals surface area (Å²) in [5, 5.41) is 9.32. The summed E-state index contributed by atoms with van der Waals surface area (Å²) in [5.74, 6) is -0.365. The maximum Gasteiger partial charge on any atom is 0.490 e. The number of hydrogen-bond acceptors (Lipinski definition) is 4. The van der Waals surface area contributed by atoms with Gasteiger partial charge in [-0.15, -0.1) is 0 Å². The molecule has 0 fully saturated rings. The first-order valence-corrected chi connectivity index (χ1v) is 4.67. The van der Waals surface area contributed by atoms with Crippen molar-refractivity contribution in [3.8, 4) is 0 Å². The van der Waals surface area contributed by atoms with E-state index < -0.39 is 7.12 Å². The average Bonchev–Trinajstić information content (AvgIpc) is 2.28. The van der Waals surface area contributed by atoms with Gasteiger partial charge in [-0.1, -0.05) is 12.1 Å². The van der Waals surface area contributed by atoms with Gasteiger partial charge >= 0.3 is 13.1 Å². The summed E-state index contributed by atoms with van der Waals surface area (Å²) < 4.78 is 9.55. The Hall–Kier alpha value is -1.33. The van der Waals surface area contributed by atoms with Crippen LogP contribution in [0.1, 0.15) is 17.3 Å². The van der Waals surface area contributed by atoms with Gasteiger partial charge in [-0.05, 0) is 24.5 Å². The van der Waals surface area contributed by atoms with Crippen molar-refractivity contribution in [3.63, 3.8) is 0 Å². The molecule has 0 aliphatic heterocycles. The number of carbonyl (C=O) groups excluding carboxylic acids is 1. The maximum absolute atomic E-state index is 11.3. The molecule has 1 rings (SSSR count). The predicted octanol–water partition coefficient (Wildman–Crippen LogP) is 0.197. The molecule has 0 aromatic heterocycles. The van der Waals surface area contributed by atoms with Crippen molar-refractivity contribution in [3.05, 3.63) is 29.8 Å². The Morgan fingerprint density at radius 1 is 1.40 bits per heavy atom. The standard InChI is InChI=1S/C10H13BO4/c1-3-15-10(12)8-4-6-9(7-5-8)11(13)14-2/h4-7,13H,3H2,1-2H3. The summed E-state index contributed by atoms with van der Waals surface area (Å²) in [4.78, 5) is 11.3. The van der Waals surface area contributed by atoms with E-state index in [1.807, 2.05) is 0 Å². The minimum atomic E-state index is -0.957. The Morgan fingerprint density at radius 2 is 2.00 bits per heavy atom. The lowest BCUT2D eigenvalue weighted by molar-refractivity contribution is 0.0526. The molecule has 0 radical (unpaired) electrons. The number of ether oxygens (including phenoxy) is 1. The molecule has 0 amide bonds. The van der Waals surface area contributed by atoms with E-state index in [0.29, 0.717) is 17.6 Å². The highest BCUT2D eigenvalue weighted by molar-refractivity contribution is 6.59. The second kappa shape index (κ2) is 5.53. The first kappa shape index (κ1) is 11.7. The Bertz CT molecular complexity index is 323. The first-order valence-electron chi connectivity index (χ1n) is 4.67. The zero-order valence-corrected chi connectivity index (χ0v) is 8.77. The van der Waals surface area contributed by atoms with Crippen molar-refractivity contribution >= 4 is 18.6 Å². The molecule has 1 aromatic carbocycles. The zero-order chi connectivity index (χ0) is 11.3. The van der Waals surface area contributed by atoms with Crippen molar-refractivity contribution in [2.45, 2.75) is 6.92 Å². The number of benzene rings is 1. The SMILES string of the molecule is CCOC(=O)c1ccc(B(O)OC)cc1. The van der Waals surface area contributed by atoms with Gasteiger partial charge in [0, 0.05) is 7.11 Å². The lowest BCUT2D eigenvalue weighted by atomic mass is 9.79. The van der Waals surface area contributed by atoms with E-state index in [-0.39, 0.29) is 5.97 Å². The van der Waals surface area contributed by atoms with E-state index in [1.54, 1.807) is 31.2 Å². The summed E-state index contributed by atoms with van der Waals surface area (Å²) in [5.41, 5.74) is 1.06. The van der Waals surface area contributed by atoms with Crippen molar-refractivity contribution in [2.75, 3.05) is 13.7 Å². The van der Waals surface area contributed by atoms with Crippen LogP contribution in [0.3, 0.4) is 0 Å². The molecule has 0 aliphatic rings. The lowest BCUT2D eigenvalue weighted by Crippen LogP contribution is -2.32. The molecule has 0 heterocycles. The molecular formula is C10H13BO4. The molecule has 0 saturated carbocycles. The van der Waals surface area contributed by atoms with E-state index in [0.717, 1.165) is 0 Å². The van der Waals surface area contributed by atoms with Crippen LogP contribution in [-0.2, 0) is 9.39 Å². The topological polar surface area (TPSA) is 55.8 Å². The molecule has 80 valence electrons. The molecular weight excluding hydrogens is 195 g/mol. The summed E-state index contributed by atoms with van der Waals surface area (Å²) in [6.07, 6.45) is 0. The second-order valence-electron chi connectivity index (χ2n) is 2.93. The molecule has 4 nitrogen and oxygen atoms in total. The van der Waals surface area contributed by atoms with Gasteiger partial charge in [-0.2, -0.15) is 0 Å². The fraction of sp³-hybridized carbons (Fsp3) is 0.300. The van der Waals surface area contributed by atoms with Gasteiger partial charge in [0.25, 0.3) is 0 Å². The number of hydrogen-bond donors (Lipinski definition) is 1. The van der Waals surface area contributed by atoms with Crippen LogP contribution in [0, 0.1) is 0 Å². The Morgan fingerprint density at radius 3 is 2.47 bits per heavy atom. The monoisotopic (exact) mass is 208 g/mol. The van der Waals surface area contributed by atoms with E-state index in [4.69, 9.17) is 9.39 Å². The maximum atomic E-state index is 11.3. The predicted molar refractivity (Wildman–Crippen MR) is 57.0 cm³/mol. The molecule has 0 atom stereocenters. The molecule has 1 N–H and O–H groups in total. The molecule has 0 saturated heterocycles. The van der Waals surface area contributed by atoms with Crippen molar-refractivity contribution in [2.24, 2.45) is 0 Å². The third kappa shape index (κ3) is 3.07. The molecule has 0 aliphatic carbocycles. The molecule has 0 unspecified atom stereocenters. The smallest absolute Gasteiger partial charge is 0.462 e. The quantitative estimate of drug-likeness (QED) is 0.567. The van der Waals surface area contributed by atoms with Crippen LogP contribution in [0.25, 0.3) is 0 Å². The zero-order valence-electron chi connectivity index (χ0n) is 8.77. The molecule has 0 spiro atoms. The summed E-state index contributed by atoms with van der Waals surface area (Å²) >= 11 is 0. The van der Waals surface area contributed by atoms with Crippen LogP contribution >= 0.6 is 0 Å². The Kier molecular flexibility index (Phi) is 4.33. The van der Waals surface area contributed by atoms with Gasteiger partial charge in [0.05, 0.1) is 12.2 Å². The molecule has 15 heavy (non-hydrogen) atoms. The minimum Gasteiger partial charge on any atom is -0.462 e. The fourth-order valence-electron chi connectivity index (χ4n) is 1.13. The number of carbonyl (C=O) groups is 1. The van der Waals surface area contributed by atoms with Crippen LogP contribution in [0.4, 0.5) is 0 Å². The third-order valence-corrected chi connectivity index (χ3v) is 1.93. The van der Waals surface area contributed by atoms with Crippen LogP contribution in [0.5, 0.6) is 0 Å². The highest BCUT2D eigenvalue weighted by atomic mass is 16.5. The van der Waals surface area contributed by atoms with Crippen LogP contribution in [0.2, 0.25) is 0 Å². The van der Waals surface area contributed by atoms with Gasteiger partial charge in [0.2, 0.25) is 0 Å². The van der Waals surface area contributed by atoms with E-state index in [9.17, 15) is 9.82 Å². The largest absolute Gasteiger partial charge is 0.490 e. The summed E-state index contributed by atoms with van der Waals surface area (Å²) in [6.45, 7) is 2.10. The van der Waals surface area contributed by atoms with E-state index >= 15 is 0 Å². The van der Waals surface area contributed by atoms with Gasteiger partial charge in [0.15, 0.2) is 0 Å². The molecule has 0 bridgehead atoms. The van der Waals surface area contributed by atoms with E-state index in [2.05, 4.69) is 0 Å². The van der Waals surface area contributed by atoms with Crippen LogP contribution in [-0.4, -0.2) is 31.8 Å². The van der Waals surface area contributed by atoms with Gasteiger partial charge in [-0.3, -0.25) is 0 Å². The highest BCUT2D eigenvalue weighted by Gasteiger charge is 2.14. The normalized spacial score (nSPS) is 9.80. The highest BCUT2D eigenvalue weighted by Crippen LogP contribution is 2.00. The van der Waals surface area contributed by atoms with Crippen molar-refractivity contribution < 1.29 is 19.2 Å². The molecule has 1 aromatic rings. The summed E-state index contributed by atoms with van der Waals surface area (Å²) in [6, 6.07) is 6.44. The van der Waals surface area contributed by atoms with Gasteiger partial charge < -0.3 is 14.4 Å². The summed E-state index contributed by atoms with van der Waals surface area (Å²) in [7, 11) is 0.449. The van der Waals surface area contributed by atoms with E-state index in [1.165, 1.54) is 7.11 Å². The van der Waals surface area contributed by atoms with Gasteiger partial charge in [-0.25, -0.2) is 4.79 Å². The lowest BCUT2D eigenvalue weighted by Gasteiger charge is -2.05. The minimum absolute atomic E-state index is 0.348.